The maximum absolute atomic E-state index is 12.8. The fourth-order valence-electron chi connectivity index (χ4n) is 9.55. The molecule has 0 aliphatic carbocycles. The summed E-state index contributed by atoms with van der Waals surface area (Å²) in [4.78, 5) is 38.1. The number of ether oxygens (including phenoxy) is 3. The number of hydrogen-bond acceptors (Lipinski definition) is 6. The normalized spacial score (nSPS) is 12.0. The van der Waals surface area contributed by atoms with Crippen molar-refractivity contribution in [1.82, 2.24) is 0 Å². The number of esters is 3. The zero-order valence-corrected chi connectivity index (χ0v) is 46.9. The van der Waals surface area contributed by atoms with Crippen LogP contribution in [-0.4, -0.2) is 37.2 Å². The van der Waals surface area contributed by atoms with Gasteiger partial charge in [-0.3, -0.25) is 14.4 Å². The summed E-state index contributed by atoms with van der Waals surface area (Å²) in [5, 5.41) is 0. The highest BCUT2D eigenvalue weighted by Gasteiger charge is 2.19. The van der Waals surface area contributed by atoms with E-state index >= 15 is 0 Å². The monoisotopic (exact) mass is 973 g/mol. The third-order valence-corrected chi connectivity index (χ3v) is 14.3. The molecule has 0 fully saturated rings. The molecule has 0 spiro atoms. The Labute approximate surface area is 431 Å². The number of carbonyl (C=O) groups excluding carboxylic acids is 3. The van der Waals surface area contributed by atoms with Crippen molar-refractivity contribution in [3.8, 4) is 0 Å². The third-order valence-electron chi connectivity index (χ3n) is 14.3. The molecule has 1 atom stereocenters. The van der Waals surface area contributed by atoms with Gasteiger partial charge in [0.05, 0.1) is 0 Å². The lowest BCUT2D eigenvalue weighted by Gasteiger charge is -2.18. The molecule has 0 saturated carbocycles. The molecule has 0 aliphatic heterocycles. The van der Waals surface area contributed by atoms with E-state index in [4.69, 9.17) is 14.2 Å². The highest BCUT2D eigenvalue weighted by molar-refractivity contribution is 5.71. The molecule has 0 aromatic rings. The second-order valence-corrected chi connectivity index (χ2v) is 21.3. The summed E-state index contributed by atoms with van der Waals surface area (Å²) < 4.78 is 16.9. The maximum atomic E-state index is 12.8. The topological polar surface area (TPSA) is 78.9 Å². The fraction of sp³-hybridized carbons (Fsp3) is 0.921. The highest BCUT2D eigenvalue weighted by Crippen LogP contribution is 2.18. The molecule has 0 aromatic carbocycles. The molecule has 0 N–H and O–H groups in total. The Morgan fingerprint density at radius 3 is 0.768 bits per heavy atom. The first-order valence-electron chi connectivity index (χ1n) is 31.2. The van der Waals surface area contributed by atoms with Gasteiger partial charge in [-0.25, -0.2) is 0 Å². The van der Waals surface area contributed by atoms with Crippen molar-refractivity contribution in [2.45, 2.75) is 361 Å². The van der Waals surface area contributed by atoms with Gasteiger partial charge in [-0.2, -0.15) is 0 Å². The van der Waals surface area contributed by atoms with Crippen molar-refractivity contribution in [1.29, 1.82) is 0 Å². The Morgan fingerprint density at radius 2 is 0.493 bits per heavy atom. The Hall–Kier alpha value is -1.85. The van der Waals surface area contributed by atoms with E-state index in [1.807, 2.05) is 0 Å². The quantitative estimate of drug-likeness (QED) is 0.0261. The minimum absolute atomic E-state index is 0.0666. The molecule has 0 heterocycles. The molecule has 69 heavy (non-hydrogen) atoms. The van der Waals surface area contributed by atoms with Gasteiger partial charge in [-0.1, -0.05) is 309 Å². The standard InChI is InChI=1S/C63H120O6/c1-4-7-10-13-16-19-22-24-25-26-27-28-29-30-31-32-33-34-35-36-37-39-41-44-47-50-53-56-62(65)68-59-60(58-67-61(64)55-52-49-46-43-40-21-18-15-12-9-6-3)69-63(66)57-54-51-48-45-42-38-23-20-17-14-11-8-5-2/h15,18,60H,4-14,16-17,19-59H2,1-3H3/b18-15-. The molecule has 0 aromatic heterocycles. The third kappa shape index (κ3) is 56.9. The van der Waals surface area contributed by atoms with Gasteiger partial charge in [0.15, 0.2) is 6.10 Å². The van der Waals surface area contributed by atoms with E-state index in [2.05, 4.69) is 32.9 Å². The van der Waals surface area contributed by atoms with Crippen molar-refractivity contribution in [2.24, 2.45) is 0 Å². The van der Waals surface area contributed by atoms with E-state index in [9.17, 15) is 14.4 Å². The Bertz CT molecular complexity index is 1070. The van der Waals surface area contributed by atoms with Crippen LogP contribution in [0.4, 0.5) is 0 Å². The van der Waals surface area contributed by atoms with Crippen LogP contribution in [-0.2, 0) is 28.6 Å². The average Bonchev–Trinajstić information content (AvgIpc) is 3.35. The van der Waals surface area contributed by atoms with E-state index in [0.717, 1.165) is 64.2 Å². The first kappa shape index (κ1) is 67.1. The molecule has 0 rings (SSSR count). The highest BCUT2D eigenvalue weighted by atomic mass is 16.6. The molecule has 0 saturated heterocycles. The molecule has 6 nitrogen and oxygen atoms in total. The lowest BCUT2D eigenvalue weighted by atomic mass is 10.0. The van der Waals surface area contributed by atoms with Crippen LogP contribution < -0.4 is 0 Å². The number of carbonyl (C=O) groups is 3. The number of hydrogen-bond donors (Lipinski definition) is 0. The van der Waals surface area contributed by atoms with Crippen LogP contribution in [0.25, 0.3) is 0 Å². The van der Waals surface area contributed by atoms with Crippen molar-refractivity contribution >= 4 is 17.9 Å². The molecule has 6 heteroatoms. The van der Waals surface area contributed by atoms with E-state index in [1.54, 1.807) is 0 Å². The van der Waals surface area contributed by atoms with Crippen molar-refractivity contribution in [2.75, 3.05) is 13.2 Å². The summed E-state index contributed by atoms with van der Waals surface area (Å²) in [5.41, 5.74) is 0. The Balaban J connectivity index is 4.09. The van der Waals surface area contributed by atoms with Crippen LogP contribution in [0.3, 0.4) is 0 Å². The van der Waals surface area contributed by atoms with Gasteiger partial charge in [0.25, 0.3) is 0 Å². The number of allylic oxidation sites excluding steroid dienone is 2. The molecule has 0 radical (unpaired) electrons. The van der Waals surface area contributed by atoms with Crippen molar-refractivity contribution < 1.29 is 28.6 Å². The SMILES string of the molecule is CCCC/C=C\CCCCCCCC(=O)OCC(COC(=O)CCCCCCCCCCCCCCCCCCCCCCCCCCCCC)OC(=O)CCCCCCCCCCCCCCC. The molecular weight excluding hydrogens is 853 g/mol. The number of unbranched alkanes of at least 4 members (excludes halogenated alkanes) is 45. The molecule has 1 unspecified atom stereocenters. The molecule has 0 aliphatic rings. The smallest absolute Gasteiger partial charge is 0.306 e. The fourth-order valence-corrected chi connectivity index (χ4v) is 9.55. The van der Waals surface area contributed by atoms with Crippen LogP contribution in [0, 0.1) is 0 Å². The van der Waals surface area contributed by atoms with Gasteiger partial charge >= 0.3 is 17.9 Å². The zero-order chi connectivity index (χ0) is 50.0. The Kier molecular flexibility index (Phi) is 57.1. The average molecular weight is 974 g/mol. The van der Waals surface area contributed by atoms with Crippen LogP contribution in [0.5, 0.6) is 0 Å². The first-order valence-corrected chi connectivity index (χ1v) is 31.2. The van der Waals surface area contributed by atoms with E-state index in [0.29, 0.717) is 19.3 Å². The summed E-state index contributed by atoms with van der Waals surface area (Å²) >= 11 is 0. The molecule has 408 valence electrons. The van der Waals surface area contributed by atoms with Crippen molar-refractivity contribution in [3.05, 3.63) is 12.2 Å². The van der Waals surface area contributed by atoms with Crippen molar-refractivity contribution in [3.63, 3.8) is 0 Å². The number of rotatable bonds is 58. The van der Waals surface area contributed by atoms with E-state index in [-0.39, 0.29) is 31.1 Å². The lowest BCUT2D eigenvalue weighted by molar-refractivity contribution is -0.167. The predicted octanol–water partition coefficient (Wildman–Crippen LogP) is 20.9. The molecular formula is C63H120O6. The molecule has 0 bridgehead atoms. The summed E-state index contributed by atoms with van der Waals surface area (Å²) in [6, 6.07) is 0. The zero-order valence-electron chi connectivity index (χ0n) is 46.9. The Morgan fingerprint density at radius 1 is 0.275 bits per heavy atom. The van der Waals surface area contributed by atoms with Crippen LogP contribution in [0.2, 0.25) is 0 Å². The lowest BCUT2D eigenvalue weighted by Crippen LogP contribution is -2.30. The van der Waals surface area contributed by atoms with Gasteiger partial charge in [0.1, 0.15) is 13.2 Å². The van der Waals surface area contributed by atoms with Gasteiger partial charge in [0.2, 0.25) is 0 Å². The summed E-state index contributed by atoms with van der Waals surface area (Å²) in [7, 11) is 0. The molecule has 0 amide bonds. The maximum Gasteiger partial charge on any atom is 0.306 e. The van der Waals surface area contributed by atoms with E-state index in [1.165, 1.54) is 250 Å². The van der Waals surface area contributed by atoms with Gasteiger partial charge in [0, 0.05) is 19.3 Å². The van der Waals surface area contributed by atoms with Crippen LogP contribution in [0.15, 0.2) is 12.2 Å². The van der Waals surface area contributed by atoms with Crippen LogP contribution >= 0.6 is 0 Å². The minimum Gasteiger partial charge on any atom is -0.462 e. The van der Waals surface area contributed by atoms with Gasteiger partial charge in [-0.05, 0) is 38.5 Å². The minimum atomic E-state index is -0.767. The second kappa shape index (κ2) is 58.7. The van der Waals surface area contributed by atoms with E-state index < -0.39 is 6.10 Å². The largest absolute Gasteiger partial charge is 0.462 e. The first-order chi connectivity index (χ1) is 34.0. The summed E-state index contributed by atoms with van der Waals surface area (Å²) in [6.45, 7) is 6.65. The van der Waals surface area contributed by atoms with Gasteiger partial charge < -0.3 is 14.2 Å². The predicted molar refractivity (Wildman–Crippen MR) is 298 cm³/mol. The van der Waals surface area contributed by atoms with Crippen LogP contribution in [0.1, 0.15) is 355 Å². The summed E-state index contributed by atoms with van der Waals surface area (Å²) in [6.07, 6.45) is 68.1. The second-order valence-electron chi connectivity index (χ2n) is 21.3. The summed E-state index contributed by atoms with van der Waals surface area (Å²) in [5.74, 6) is -0.852. The van der Waals surface area contributed by atoms with Gasteiger partial charge in [-0.15, -0.1) is 0 Å².